The van der Waals surface area contributed by atoms with Gasteiger partial charge in [0.15, 0.2) is 0 Å². The molecule has 18 heavy (non-hydrogen) atoms. The highest BCUT2D eigenvalue weighted by molar-refractivity contribution is 6.30. The van der Waals surface area contributed by atoms with Crippen molar-refractivity contribution in [1.29, 1.82) is 0 Å². The van der Waals surface area contributed by atoms with Crippen LogP contribution in [0.3, 0.4) is 0 Å². The van der Waals surface area contributed by atoms with Crippen molar-refractivity contribution in [3.05, 3.63) is 28.8 Å². The van der Waals surface area contributed by atoms with Gasteiger partial charge < -0.3 is 10.6 Å². The zero-order chi connectivity index (χ0) is 13.7. The highest BCUT2D eigenvalue weighted by Crippen LogP contribution is 2.27. The maximum absolute atomic E-state index is 6.09. The van der Waals surface area contributed by atoms with Gasteiger partial charge in [-0.25, -0.2) is 0 Å². The van der Waals surface area contributed by atoms with E-state index in [1.54, 1.807) is 0 Å². The molecule has 0 spiro atoms. The van der Waals surface area contributed by atoms with Gasteiger partial charge in [-0.2, -0.15) is 0 Å². The Morgan fingerprint density at radius 3 is 2.39 bits per heavy atom. The molecule has 1 aromatic carbocycles. The number of anilines is 1. The predicted octanol–water partition coefficient (Wildman–Crippen LogP) is 3.85. The van der Waals surface area contributed by atoms with E-state index < -0.39 is 0 Å². The summed E-state index contributed by atoms with van der Waals surface area (Å²) in [5.74, 6) is 0. The summed E-state index contributed by atoms with van der Waals surface area (Å²) in [4.78, 5) is 2.36. The quantitative estimate of drug-likeness (QED) is 0.849. The smallest absolute Gasteiger partial charge is 0.0410 e. The van der Waals surface area contributed by atoms with Crippen LogP contribution < -0.4 is 10.6 Å². The molecule has 0 bridgehead atoms. The van der Waals surface area contributed by atoms with E-state index in [1.165, 1.54) is 11.3 Å². The van der Waals surface area contributed by atoms with Crippen LogP contribution in [0, 0.1) is 0 Å². The Hall–Kier alpha value is -0.730. The van der Waals surface area contributed by atoms with Crippen molar-refractivity contribution < 1.29 is 0 Å². The van der Waals surface area contributed by atoms with Crippen LogP contribution in [0.1, 0.15) is 39.2 Å². The molecule has 0 fully saturated rings. The van der Waals surface area contributed by atoms with Gasteiger partial charge in [-0.05, 0) is 49.9 Å². The van der Waals surface area contributed by atoms with E-state index in [1.807, 2.05) is 19.1 Å². The third kappa shape index (κ3) is 3.89. The zero-order valence-corrected chi connectivity index (χ0v) is 12.7. The van der Waals surface area contributed by atoms with Gasteiger partial charge in [0.1, 0.15) is 0 Å². The van der Waals surface area contributed by atoms with Crippen molar-refractivity contribution >= 4 is 17.3 Å². The molecule has 0 saturated heterocycles. The van der Waals surface area contributed by atoms with Crippen LogP contribution in [0.2, 0.25) is 5.02 Å². The first-order valence-electron chi connectivity index (χ1n) is 6.76. The first-order chi connectivity index (χ1) is 8.49. The number of nitrogens with two attached hydrogens (primary N) is 1. The Kier molecular flexibility index (Phi) is 5.97. The molecule has 0 aliphatic heterocycles. The number of hydrogen-bond donors (Lipinski definition) is 1. The summed E-state index contributed by atoms with van der Waals surface area (Å²) in [5, 5.41) is 0.785. The first kappa shape index (κ1) is 15.3. The topological polar surface area (TPSA) is 29.3 Å². The molecule has 0 amide bonds. The van der Waals surface area contributed by atoms with Gasteiger partial charge in [-0.3, -0.25) is 0 Å². The fraction of sp³-hybridized carbons (Fsp3) is 0.600. The molecular weight excluding hydrogens is 244 g/mol. The van der Waals surface area contributed by atoms with E-state index in [2.05, 4.69) is 31.9 Å². The summed E-state index contributed by atoms with van der Waals surface area (Å²) < 4.78 is 0. The molecule has 0 heterocycles. The Bertz CT molecular complexity index is 373. The second-order valence-electron chi connectivity index (χ2n) is 5.04. The third-order valence-corrected chi connectivity index (χ3v) is 3.69. The Labute approximate surface area is 116 Å². The minimum Gasteiger partial charge on any atom is -0.371 e. The number of hydrogen-bond acceptors (Lipinski definition) is 2. The zero-order valence-electron chi connectivity index (χ0n) is 11.9. The number of benzene rings is 1. The maximum Gasteiger partial charge on any atom is 0.0410 e. The van der Waals surface area contributed by atoms with Crippen molar-refractivity contribution in [3.8, 4) is 0 Å². The second-order valence-corrected chi connectivity index (χ2v) is 5.47. The van der Waals surface area contributed by atoms with E-state index in [-0.39, 0.29) is 6.04 Å². The molecule has 0 saturated carbocycles. The average molecular weight is 269 g/mol. The van der Waals surface area contributed by atoms with E-state index in [0.29, 0.717) is 6.04 Å². The fourth-order valence-corrected chi connectivity index (χ4v) is 2.64. The molecule has 1 atom stereocenters. The van der Waals surface area contributed by atoms with Crippen molar-refractivity contribution in [2.45, 2.75) is 52.1 Å². The monoisotopic (exact) mass is 268 g/mol. The van der Waals surface area contributed by atoms with E-state index >= 15 is 0 Å². The molecule has 1 aromatic rings. The summed E-state index contributed by atoms with van der Waals surface area (Å²) >= 11 is 6.09. The van der Waals surface area contributed by atoms with E-state index in [0.717, 1.165) is 24.3 Å². The first-order valence-corrected chi connectivity index (χ1v) is 7.14. The van der Waals surface area contributed by atoms with Crippen LogP contribution in [-0.2, 0) is 6.42 Å². The fourth-order valence-electron chi connectivity index (χ4n) is 2.44. The van der Waals surface area contributed by atoms with Gasteiger partial charge in [0.05, 0.1) is 0 Å². The second kappa shape index (κ2) is 7.01. The normalized spacial score (nSPS) is 12.8. The lowest BCUT2D eigenvalue weighted by Crippen LogP contribution is -2.31. The van der Waals surface area contributed by atoms with E-state index in [4.69, 9.17) is 17.3 Å². The van der Waals surface area contributed by atoms with Gasteiger partial charge in [-0.15, -0.1) is 0 Å². The molecule has 0 aromatic heterocycles. The van der Waals surface area contributed by atoms with Gasteiger partial charge in [0, 0.05) is 29.8 Å². The SMILES string of the molecule is CCC(CC)N(C)c1ccc(Cl)cc1CC(C)N. The van der Waals surface area contributed by atoms with Crippen molar-refractivity contribution in [2.75, 3.05) is 11.9 Å². The van der Waals surface area contributed by atoms with Crippen molar-refractivity contribution in [2.24, 2.45) is 5.73 Å². The lowest BCUT2D eigenvalue weighted by atomic mass is 10.0. The molecule has 1 unspecified atom stereocenters. The van der Waals surface area contributed by atoms with Crippen LogP contribution in [0.15, 0.2) is 18.2 Å². The summed E-state index contributed by atoms with van der Waals surface area (Å²) in [6.07, 6.45) is 3.15. The Balaban J connectivity index is 3.06. The van der Waals surface area contributed by atoms with E-state index in [9.17, 15) is 0 Å². The Morgan fingerprint density at radius 2 is 1.89 bits per heavy atom. The van der Waals surface area contributed by atoms with Crippen LogP contribution in [0.25, 0.3) is 0 Å². The van der Waals surface area contributed by atoms with Gasteiger partial charge >= 0.3 is 0 Å². The molecule has 2 N–H and O–H groups in total. The van der Waals surface area contributed by atoms with Gasteiger partial charge in [0.25, 0.3) is 0 Å². The number of halogens is 1. The standard InChI is InChI=1S/C15H25ClN2/c1-5-14(6-2)18(4)15-8-7-13(16)10-12(15)9-11(3)17/h7-8,10-11,14H,5-6,9,17H2,1-4H3. The summed E-state index contributed by atoms with van der Waals surface area (Å²) in [6.45, 7) is 6.49. The third-order valence-electron chi connectivity index (χ3n) is 3.45. The molecule has 1 rings (SSSR count). The van der Waals surface area contributed by atoms with Crippen molar-refractivity contribution in [1.82, 2.24) is 0 Å². The minimum absolute atomic E-state index is 0.150. The summed E-state index contributed by atoms with van der Waals surface area (Å²) in [6, 6.07) is 6.83. The molecule has 0 aliphatic carbocycles. The summed E-state index contributed by atoms with van der Waals surface area (Å²) in [7, 11) is 2.16. The molecule has 2 nitrogen and oxygen atoms in total. The largest absolute Gasteiger partial charge is 0.371 e. The molecule has 0 aliphatic rings. The van der Waals surface area contributed by atoms with Gasteiger partial charge in [0.2, 0.25) is 0 Å². The number of nitrogens with zero attached hydrogens (tertiary/aromatic N) is 1. The molecular formula is C15H25ClN2. The minimum atomic E-state index is 0.150. The van der Waals surface area contributed by atoms with Crippen molar-refractivity contribution in [3.63, 3.8) is 0 Å². The Morgan fingerprint density at radius 1 is 1.28 bits per heavy atom. The molecule has 3 heteroatoms. The number of rotatable bonds is 6. The van der Waals surface area contributed by atoms with Crippen LogP contribution in [0.4, 0.5) is 5.69 Å². The van der Waals surface area contributed by atoms with Gasteiger partial charge in [-0.1, -0.05) is 25.4 Å². The highest BCUT2D eigenvalue weighted by Gasteiger charge is 2.15. The molecule has 102 valence electrons. The summed E-state index contributed by atoms with van der Waals surface area (Å²) in [5.41, 5.74) is 8.42. The lowest BCUT2D eigenvalue weighted by Gasteiger charge is -2.30. The van der Waals surface area contributed by atoms with Crippen LogP contribution in [-0.4, -0.2) is 19.1 Å². The van der Waals surface area contributed by atoms with Crippen LogP contribution in [0.5, 0.6) is 0 Å². The highest BCUT2D eigenvalue weighted by atomic mass is 35.5. The van der Waals surface area contributed by atoms with Crippen LogP contribution >= 0.6 is 11.6 Å². The predicted molar refractivity (Wildman–Crippen MR) is 81.6 cm³/mol. The average Bonchev–Trinajstić information content (AvgIpc) is 2.29. The lowest BCUT2D eigenvalue weighted by molar-refractivity contribution is 0.588. The molecule has 0 radical (unpaired) electrons. The maximum atomic E-state index is 6.09.